The molecule has 194 valence electrons. The van der Waals surface area contributed by atoms with Gasteiger partial charge >= 0.3 is 5.97 Å². The summed E-state index contributed by atoms with van der Waals surface area (Å²) in [6.07, 6.45) is 3.86. The fourth-order valence-electron chi connectivity index (χ4n) is 3.91. The molecular weight excluding hydrogens is 550 g/mol. The van der Waals surface area contributed by atoms with Crippen LogP contribution in [0.3, 0.4) is 0 Å². The minimum atomic E-state index is -0.980. The zero-order chi connectivity index (χ0) is 27.2. The lowest BCUT2D eigenvalue weighted by Gasteiger charge is -2.17. The molecule has 1 N–H and O–H groups in total. The van der Waals surface area contributed by atoms with Gasteiger partial charge in [0.05, 0.1) is 29.3 Å². The van der Waals surface area contributed by atoms with E-state index in [1.165, 1.54) is 4.68 Å². The van der Waals surface area contributed by atoms with Gasteiger partial charge in [-0.3, -0.25) is 4.79 Å². The van der Waals surface area contributed by atoms with Crippen LogP contribution in [0.5, 0.6) is 11.5 Å². The number of benzene rings is 3. The number of hydrogen-bond donors (Lipinski definition) is 1. The molecule has 0 radical (unpaired) electrons. The average molecular weight is 576 g/mol. The lowest BCUT2D eigenvalue weighted by atomic mass is 10.1. The number of fused-ring (bicyclic) bond motifs is 1. The van der Waals surface area contributed by atoms with Crippen LogP contribution in [-0.4, -0.2) is 33.6 Å². The Bertz CT molecular complexity index is 1590. The molecule has 0 unspecified atom stereocenters. The highest BCUT2D eigenvalue weighted by Gasteiger charge is 2.14. The van der Waals surface area contributed by atoms with Crippen molar-refractivity contribution in [1.82, 2.24) is 9.66 Å². The number of carboxylic acids is 1. The third-order valence-electron chi connectivity index (χ3n) is 5.69. The maximum absolute atomic E-state index is 13.1. The van der Waals surface area contributed by atoms with Gasteiger partial charge in [0.1, 0.15) is 12.4 Å². The summed E-state index contributed by atoms with van der Waals surface area (Å²) in [6.45, 7) is 8.11. The fraction of sp³-hybridized carbons (Fsp3) is 0.172. The van der Waals surface area contributed by atoms with Crippen molar-refractivity contribution in [3.63, 3.8) is 0 Å². The summed E-state index contributed by atoms with van der Waals surface area (Å²) >= 11 is 3.40. The van der Waals surface area contributed by atoms with Crippen LogP contribution in [-0.2, 0) is 13.0 Å². The van der Waals surface area contributed by atoms with E-state index in [1.54, 1.807) is 61.7 Å². The van der Waals surface area contributed by atoms with Gasteiger partial charge in [-0.25, -0.2) is 9.78 Å². The van der Waals surface area contributed by atoms with E-state index in [4.69, 9.17) is 14.6 Å². The Hall–Kier alpha value is -4.24. The van der Waals surface area contributed by atoms with Crippen molar-refractivity contribution in [3.8, 4) is 11.5 Å². The molecule has 1 heterocycles. The SMILES string of the molecule is C=CCc1cc(C=Nn2c(C)nc3ccc(Br)cc3c2=O)cc(OCC)c1OCc1ccc(C(=O)O)cc1. The molecule has 0 spiro atoms. The van der Waals surface area contributed by atoms with Crippen LogP contribution in [0.2, 0.25) is 0 Å². The van der Waals surface area contributed by atoms with E-state index in [1.807, 2.05) is 19.1 Å². The third kappa shape index (κ3) is 6.00. The molecule has 3 aromatic carbocycles. The van der Waals surface area contributed by atoms with Crippen LogP contribution in [0.25, 0.3) is 10.9 Å². The quantitative estimate of drug-likeness (QED) is 0.190. The van der Waals surface area contributed by atoms with Gasteiger partial charge in [0.2, 0.25) is 0 Å². The van der Waals surface area contributed by atoms with Gasteiger partial charge < -0.3 is 14.6 Å². The molecule has 38 heavy (non-hydrogen) atoms. The Morgan fingerprint density at radius 2 is 1.92 bits per heavy atom. The molecule has 0 atom stereocenters. The van der Waals surface area contributed by atoms with Gasteiger partial charge in [-0.15, -0.1) is 6.58 Å². The number of aryl methyl sites for hydroxylation is 1. The topological polar surface area (TPSA) is 103 Å². The molecule has 4 rings (SSSR count). The molecule has 0 bridgehead atoms. The highest BCUT2D eigenvalue weighted by molar-refractivity contribution is 9.10. The zero-order valence-corrected chi connectivity index (χ0v) is 22.6. The van der Waals surface area contributed by atoms with Gasteiger partial charge in [-0.05, 0) is 73.9 Å². The molecule has 9 heteroatoms. The van der Waals surface area contributed by atoms with Crippen molar-refractivity contribution in [1.29, 1.82) is 0 Å². The number of nitrogens with zero attached hydrogens (tertiary/aromatic N) is 3. The molecule has 0 aliphatic rings. The van der Waals surface area contributed by atoms with Crippen LogP contribution < -0.4 is 15.0 Å². The first-order valence-electron chi connectivity index (χ1n) is 11.9. The predicted molar refractivity (Wildman–Crippen MR) is 151 cm³/mol. The average Bonchev–Trinajstić information content (AvgIpc) is 2.89. The lowest BCUT2D eigenvalue weighted by molar-refractivity contribution is 0.0697. The van der Waals surface area contributed by atoms with Crippen LogP contribution in [0.15, 0.2) is 81.6 Å². The minimum Gasteiger partial charge on any atom is -0.490 e. The third-order valence-corrected chi connectivity index (χ3v) is 6.19. The largest absolute Gasteiger partial charge is 0.490 e. The Kier molecular flexibility index (Phi) is 8.38. The summed E-state index contributed by atoms with van der Waals surface area (Å²) in [4.78, 5) is 28.7. The van der Waals surface area contributed by atoms with Crippen molar-refractivity contribution in [2.24, 2.45) is 5.10 Å². The fourth-order valence-corrected chi connectivity index (χ4v) is 4.27. The minimum absolute atomic E-state index is 0.211. The van der Waals surface area contributed by atoms with Gasteiger partial charge in [-0.2, -0.15) is 9.78 Å². The van der Waals surface area contributed by atoms with Gasteiger partial charge in [0.25, 0.3) is 5.56 Å². The van der Waals surface area contributed by atoms with Gasteiger partial charge in [0, 0.05) is 10.0 Å². The summed E-state index contributed by atoms with van der Waals surface area (Å²) in [5.74, 6) is 0.578. The number of carboxylic acid groups (broad SMARTS) is 1. The van der Waals surface area contributed by atoms with Crippen molar-refractivity contribution in [2.75, 3.05) is 6.61 Å². The van der Waals surface area contributed by atoms with E-state index in [0.29, 0.717) is 46.8 Å². The van der Waals surface area contributed by atoms with Crippen LogP contribution >= 0.6 is 15.9 Å². The summed E-state index contributed by atoms with van der Waals surface area (Å²) in [5.41, 5.74) is 2.91. The highest BCUT2D eigenvalue weighted by Crippen LogP contribution is 2.34. The van der Waals surface area contributed by atoms with Crippen LogP contribution in [0, 0.1) is 6.92 Å². The second kappa shape index (κ2) is 11.9. The zero-order valence-electron chi connectivity index (χ0n) is 21.0. The van der Waals surface area contributed by atoms with Crippen LogP contribution in [0.1, 0.15) is 39.8 Å². The van der Waals surface area contributed by atoms with E-state index < -0.39 is 5.97 Å². The maximum Gasteiger partial charge on any atom is 0.335 e. The Labute approximate surface area is 228 Å². The molecule has 0 saturated carbocycles. The maximum atomic E-state index is 13.1. The Morgan fingerprint density at radius 1 is 1.16 bits per heavy atom. The lowest BCUT2D eigenvalue weighted by Crippen LogP contribution is -2.20. The van der Waals surface area contributed by atoms with E-state index >= 15 is 0 Å². The number of rotatable bonds is 10. The van der Waals surface area contributed by atoms with E-state index in [9.17, 15) is 9.59 Å². The summed E-state index contributed by atoms with van der Waals surface area (Å²) in [7, 11) is 0. The first-order valence-corrected chi connectivity index (χ1v) is 12.7. The molecule has 0 aliphatic heterocycles. The molecular formula is C29H26BrN3O5. The molecule has 0 amide bonds. The predicted octanol–water partition coefficient (Wildman–Crippen LogP) is 5.75. The Balaban J connectivity index is 1.68. The number of aromatic carboxylic acids is 1. The van der Waals surface area contributed by atoms with Crippen LogP contribution in [0.4, 0.5) is 0 Å². The molecule has 1 aromatic heterocycles. The smallest absolute Gasteiger partial charge is 0.335 e. The standard InChI is InChI=1S/C29H26BrN3O5/c1-4-6-22-13-20(16-31-33-18(3)32-25-12-11-23(30)15-24(25)28(33)34)14-26(37-5-2)27(22)38-17-19-7-9-21(10-8-19)29(35)36/h4,7-16H,1,5-6,17H2,2-3H3,(H,35,36). The Morgan fingerprint density at radius 3 is 2.61 bits per heavy atom. The molecule has 0 saturated heterocycles. The molecule has 4 aromatic rings. The van der Waals surface area contributed by atoms with Crippen molar-refractivity contribution in [2.45, 2.75) is 26.9 Å². The van der Waals surface area contributed by atoms with Crippen molar-refractivity contribution in [3.05, 3.63) is 110 Å². The summed E-state index contributed by atoms with van der Waals surface area (Å²) in [5, 5.41) is 14.0. The van der Waals surface area contributed by atoms with E-state index in [-0.39, 0.29) is 17.7 Å². The van der Waals surface area contributed by atoms with E-state index in [0.717, 1.165) is 15.6 Å². The molecule has 0 aliphatic carbocycles. The number of hydrogen-bond acceptors (Lipinski definition) is 6. The van der Waals surface area contributed by atoms with Crippen molar-refractivity contribution >= 4 is 39.0 Å². The summed E-state index contributed by atoms with van der Waals surface area (Å²) in [6, 6.07) is 15.6. The second-order valence-electron chi connectivity index (χ2n) is 8.41. The number of ether oxygens (including phenoxy) is 2. The normalized spacial score (nSPS) is 11.1. The van der Waals surface area contributed by atoms with E-state index in [2.05, 4.69) is 32.6 Å². The number of aromatic nitrogens is 2. The second-order valence-corrected chi connectivity index (χ2v) is 9.32. The number of halogens is 1. The first-order chi connectivity index (χ1) is 18.3. The monoisotopic (exact) mass is 575 g/mol. The van der Waals surface area contributed by atoms with Gasteiger partial charge in [-0.1, -0.05) is 34.1 Å². The highest BCUT2D eigenvalue weighted by atomic mass is 79.9. The number of allylic oxidation sites excluding steroid dienone is 1. The van der Waals surface area contributed by atoms with Crippen molar-refractivity contribution < 1.29 is 19.4 Å². The first kappa shape index (κ1) is 26.8. The number of carbonyl (C=O) groups is 1. The molecule has 0 fully saturated rings. The summed E-state index contributed by atoms with van der Waals surface area (Å²) < 4.78 is 14.1. The van der Waals surface area contributed by atoms with Gasteiger partial charge in [0.15, 0.2) is 11.5 Å². The molecule has 8 nitrogen and oxygen atoms in total.